The van der Waals surface area contributed by atoms with Crippen LogP contribution in [0.1, 0.15) is 56.6 Å². The molecule has 1 aromatic rings. The number of methoxy groups -OCH3 is 1. The standard InChI is InChI=1S/C20H26O2/c1-12-11-20-17(8-9-19(20,2)22-20)16-6-4-13-10-14(21-3)5-7-15(13)18(12)16/h5,7,10,12,16-18H,4,6,8-9,11H2,1-3H3/t12-,16-,17+,18-,19+,20+/m1/s1. The average Bonchev–Trinajstić information content (AvgIpc) is 2.98. The van der Waals surface area contributed by atoms with Gasteiger partial charge in [0.2, 0.25) is 0 Å². The first kappa shape index (κ1) is 13.4. The van der Waals surface area contributed by atoms with Crippen LogP contribution in [0.5, 0.6) is 5.75 Å². The maximum atomic E-state index is 6.36. The summed E-state index contributed by atoms with van der Waals surface area (Å²) in [4.78, 5) is 0. The number of epoxide rings is 1. The van der Waals surface area contributed by atoms with E-state index in [0.29, 0.717) is 0 Å². The third-order valence-electron chi connectivity index (χ3n) is 7.46. The molecule has 1 saturated heterocycles. The van der Waals surface area contributed by atoms with Gasteiger partial charge in [-0.25, -0.2) is 0 Å². The van der Waals surface area contributed by atoms with Gasteiger partial charge in [-0.1, -0.05) is 13.0 Å². The molecule has 0 aromatic heterocycles. The SMILES string of the molecule is COc1ccc2c(c1)CC[C@H]1[C@@H]2[C@H](C)C[C@@]23O[C@@]2(C)CC[C@@H]13. The van der Waals surface area contributed by atoms with Crippen LogP contribution in [-0.2, 0) is 11.2 Å². The number of aryl methyl sites for hydroxylation is 1. The summed E-state index contributed by atoms with van der Waals surface area (Å²) in [5, 5.41) is 0. The molecule has 3 fully saturated rings. The second-order valence-corrected chi connectivity index (χ2v) is 8.34. The predicted octanol–water partition coefficient (Wildman–Crippen LogP) is 4.32. The molecule has 0 radical (unpaired) electrons. The van der Waals surface area contributed by atoms with Crippen LogP contribution in [0.3, 0.4) is 0 Å². The van der Waals surface area contributed by atoms with E-state index >= 15 is 0 Å². The lowest BCUT2D eigenvalue weighted by Gasteiger charge is -2.48. The van der Waals surface area contributed by atoms with Gasteiger partial charge >= 0.3 is 0 Å². The number of rotatable bonds is 1. The molecule has 2 heteroatoms. The van der Waals surface area contributed by atoms with Gasteiger partial charge in [0, 0.05) is 0 Å². The van der Waals surface area contributed by atoms with Gasteiger partial charge in [-0.05, 0) is 86.0 Å². The second-order valence-electron chi connectivity index (χ2n) is 8.34. The molecule has 0 amide bonds. The van der Waals surface area contributed by atoms with Gasteiger partial charge in [0.25, 0.3) is 0 Å². The molecule has 2 saturated carbocycles. The third-order valence-corrected chi connectivity index (χ3v) is 7.46. The Kier molecular flexibility index (Phi) is 2.49. The first-order chi connectivity index (χ1) is 10.6. The molecule has 4 aliphatic rings. The Labute approximate surface area is 133 Å². The summed E-state index contributed by atoms with van der Waals surface area (Å²) in [6.07, 6.45) is 6.48. The molecule has 1 spiro atoms. The minimum Gasteiger partial charge on any atom is -0.497 e. The van der Waals surface area contributed by atoms with E-state index in [-0.39, 0.29) is 11.2 Å². The molecule has 5 rings (SSSR count). The van der Waals surface area contributed by atoms with E-state index in [1.807, 2.05) is 0 Å². The molecule has 1 aromatic carbocycles. The summed E-state index contributed by atoms with van der Waals surface area (Å²) in [7, 11) is 1.77. The first-order valence-corrected chi connectivity index (χ1v) is 8.95. The van der Waals surface area contributed by atoms with Crippen molar-refractivity contribution in [1.82, 2.24) is 0 Å². The normalized spacial score (nSPS) is 48.0. The van der Waals surface area contributed by atoms with Crippen molar-refractivity contribution in [3.63, 3.8) is 0 Å². The maximum absolute atomic E-state index is 6.36. The van der Waals surface area contributed by atoms with E-state index in [0.717, 1.165) is 29.4 Å². The molecule has 0 unspecified atom stereocenters. The molecule has 22 heavy (non-hydrogen) atoms. The molecule has 2 nitrogen and oxygen atoms in total. The largest absolute Gasteiger partial charge is 0.497 e. The van der Waals surface area contributed by atoms with Gasteiger partial charge in [0.1, 0.15) is 11.4 Å². The minimum absolute atomic E-state index is 0.219. The molecule has 118 valence electrons. The number of ether oxygens (including phenoxy) is 2. The van der Waals surface area contributed by atoms with Crippen molar-refractivity contribution in [1.29, 1.82) is 0 Å². The fraction of sp³-hybridized carbons (Fsp3) is 0.700. The summed E-state index contributed by atoms with van der Waals surface area (Å²) < 4.78 is 11.8. The average molecular weight is 298 g/mol. The van der Waals surface area contributed by atoms with Gasteiger partial charge in [0.05, 0.1) is 12.7 Å². The summed E-state index contributed by atoms with van der Waals surface area (Å²) in [6, 6.07) is 6.78. The molecule has 1 heterocycles. The van der Waals surface area contributed by atoms with Crippen LogP contribution in [0.2, 0.25) is 0 Å². The van der Waals surface area contributed by atoms with Crippen molar-refractivity contribution in [3.05, 3.63) is 29.3 Å². The van der Waals surface area contributed by atoms with Crippen molar-refractivity contribution in [2.45, 2.75) is 63.1 Å². The zero-order chi connectivity index (χ0) is 15.1. The van der Waals surface area contributed by atoms with Crippen LogP contribution in [-0.4, -0.2) is 18.3 Å². The van der Waals surface area contributed by atoms with E-state index < -0.39 is 0 Å². The summed E-state index contributed by atoms with van der Waals surface area (Å²) in [6.45, 7) is 4.82. The van der Waals surface area contributed by atoms with Crippen LogP contribution in [0.4, 0.5) is 0 Å². The van der Waals surface area contributed by atoms with Crippen LogP contribution < -0.4 is 4.74 Å². The Balaban J connectivity index is 1.56. The molecule has 6 atom stereocenters. The highest BCUT2D eigenvalue weighted by Crippen LogP contribution is 2.72. The monoisotopic (exact) mass is 298 g/mol. The lowest BCUT2D eigenvalue weighted by molar-refractivity contribution is 0.0345. The fourth-order valence-electron chi connectivity index (χ4n) is 6.51. The van der Waals surface area contributed by atoms with Gasteiger partial charge < -0.3 is 9.47 Å². The lowest BCUT2D eigenvalue weighted by atomic mass is 9.56. The van der Waals surface area contributed by atoms with E-state index in [4.69, 9.17) is 9.47 Å². The predicted molar refractivity (Wildman–Crippen MR) is 86.3 cm³/mol. The van der Waals surface area contributed by atoms with Crippen molar-refractivity contribution in [3.8, 4) is 5.75 Å². The molecule has 0 N–H and O–H groups in total. The van der Waals surface area contributed by atoms with Crippen molar-refractivity contribution < 1.29 is 9.47 Å². The summed E-state index contributed by atoms with van der Waals surface area (Å²) in [5.74, 6) is 4.10. The van der Waals surface area contributed by atoms with E-state index in [1.165, 1.54) is 37.7 Å². The smallest absolute Gasteiger partial charge is 0.119 e. The topological polar surface area (TPSA) is 21.8 Å². The Bertz CT molecular complexity index is 639. The molecular formula is C20H26O2. The van der Waals surface area contributed by atoms with Crippen molar-refractivity contribution in [2.24, 2.45) is 17.8 Å². The van der Waals surface area contributed by atoms with Crippen LogP contribution in [0, 0.1) is 17.8 Å². The lowest BCUT2D eigenvalue weighted by Crippen LogP contribution is -2.45. The Hall–Kier alpha value is -1.02. The zero-order valence-electron chi connectivity index (χ0n) is 13.9. The van der Waals surface area contributed by atoms with Gasteiger partial charge in [0.15, 0.2) is 0 Å². The van der Waals surface area contributed by atoms with Gasteiger partial charge in [-0.2, -0.15) is 0 Å². The van der Waals surface area contributed by atoms with E-state index in [9.17, 15) is 0 Å². The van der Waals surface area contributed by atoms with Gasteiger partial charge in [-0.3, -0.25) is 0 Å². The highest BCUT2D eigenvalue weighted by Gasteiger charge is 2.77. The fourth-order valence-corrected chi connectivity index (χ4v) is 6.51. The number of hydrogen-bond donors (Lipinski definition) is 0. The zero-order valence-corrected chi connectivity index (χ0v) is 13.9. The maximum Gasteiger partial charge on any atom is 0.119 e. The van der Waals surface area contributed by atoms with Crippen LogP contribution >= 0.6 is 0 Å². The van der Waals surface area contributed by atoms with E-state index in [1.54, 1.807) is 12.7 Å². The Morgan fingerprint density at radius 2 is 2.14 bits per heavy atom. The Morgan fingerprint density at radius 1 is 1.27 bits per heavy atom. The summed E-state index contributed by atoms with van der Waals surface area (Å²) >= 11 is 0. The molecular weight excluding hydrogens is 272 g/mol. The third kappa shape index (κ3) is 1.45. The van der Waals surface area contributed by atoms with Crippen LogP contribution in [0.25, 0.3) is 0 Å². The number of benzene rings is 1. The minimum atomic E-state index is 0.219. The molecule has 3 aliphatic carbocycles. The second kappa shape index (κ2) is 4.08. The first-order valence-electron chi connectivity index (χ1n) is 8.95. The van der Waals surface area contributed by atoms with Gasteiger partial charge in [-0.15, -0.1) is 0 Å². The highest BCUT2D eigenvalue weighted by atomic mass is 16.6. The van der Waals surface area contributed by atoms with Crippen molar-refractivity contribution in [2.75, 3.05) is 7.11 Å². The highest BCUT2D eigenvalue weighted by molar-refractivity contribution is 5.42. The molecule has 1 aliphatic heterocycles. The molecule has 0 bridgehead atoms. The quantitative estimate of drug-likeness (QED) is 0.720. The van der Waals surface area contributed by atoms with E-state index in [2.05, 4.69) is 32.0 Å². The number of hydrogen-bond acceptors (Lipinski definition) is 2. The summed E-state index contributed by atoms with van der Waals surface area (Å²) in [5.41, 5.74) is 3.60. The Morgan fingerprint density at radius 3 is 2.91 bits per heavy atom. The van der Waals surface area contributed by atoms with Crippen LogP contribution in [0.15, 0.2) is 18.2 Å². The van der Waals surface area contributed by atoms with Crippen molar-refractivity contribution >= 4 is 0 Å². The number of fused-ring (bicyclic) bond motifs is 4.